The molecular weight excluding hydrogens is 326 g/mol. The molecule has 0 aliphatic carbocycles. The molecular formula is C21H23N3O2. The lowest BCUT2D eigenvalue weighted by molar-refractivity contribution is 0.0998. The molecule has 0 spiro atoms. The van der Waals surface area contributed by atoms with Gasteiger partial charge < -0.3 is 10.8 Å². The van der Waals surface area contributed by atoms with Crippen molar-refractivity contribution in [3.05, 3.63) is 65.0 Å². The van der Waals surface area contributed by atoms with Crippen LogP contribution in [0.25, 0.3) is 11.0 Å². The number of unbranched alkanes of at least 4 members (excludes halogenated alkanes) is 1. The molecule has 134 valence electrons. The molecule has 5 heteroatoms. The van der Waals surface area contributed by atoms with Crippen LogP contribution in [-0.4, -0.2) is 21.0 Å². The van der Waals surface area contributed by atoms with Crippen LogP contribution in [0.15, 0.2) is 42.6 Å². The summed E-state index contributed by atoms with van der Waals surface area (Å²) in [5.41, 5.74) is 8.90. The monoisotopic (exact) mass is 349 g/mol. The van der Waals surface area contributed by atoms with Gasteiger partial charge in [0.25, 0.3) is 5.91 Å². The van der Waals surface area contributed by atoms with E-state index in [2.05, 4.69) is 16.9 Å². The number of hydrogen-bond donors (Lipinski definition) is 2. The van der Waals surface area contributed by atoms with Crippen LogP contribution in [0.4, 0.5) is 0 Å². The van der Waals surface area contributed by atoms with Gasteiger partial charge in [0, 0.05) is 23.1 Å². The van der Waals surface area contributed by atoms with Gasteiger partial charge in [-0.15, -0.1) is 0 Å². The average molecular weight is 349 g/mol. The van der Waals surface area contributed by atoms with E-state index in [1.165, 1.54) is 0 Å². The van der Waals surface area contributed by atoms with Gasteiger partial charge in [0.1, 0.15) is 5.75 Å². The van der Waals surface area contributed by atoms with Gasteiger partial charge in [-0.1, -0.05) is 38.0 Å². The maximum absolute atomic E-state index is 12.3. The summed E-state index contributed by atoms with van der Waals surface area (Å²) >= 11 is 0. The SMILES string of the molecule is CCCCC(c1ccccc1O)c1c(C(N)=O)c(C)nc2ncccc12. The molecule has 0 bridgehead atoms. The van der Waals surface area contributed by atoms with Gasteiger partial charge in [-0.2, -0.15) is 0 Å². The number of pyridine rings is 2. The Kier molecular flexibility index (Phi) is 5.16. The maximum atomic E-state index is 12.3. The number of fused-ring (bicyclic) bond motifs is 1. The summed E-state index contributed by atoms with van der Waals surface area (Å²) < 4.78 is 0. The number of nitrogens with two attached hydrogens (primary N) is 1. The molecule has 0 radical (unpaired) electrons. The molecule has 0 aliphatic heterocycles. The zero-order chi connectivity index (χ0) is 18.7. The summed E-state index contributed by atoms with van der Waals surface area (Å²) in [5.74, 6) is -0.449. The zero-order valence-electron chi connectivity index (χ0n) is 15.1. The molecule has 3 aromatic rings. The molecule has 26 heavy (non-hydrogen) atoms. The number of benzene rings is 1. The first-order chi connectivity index (χ1) is 12.5. The fraction of sp³-hybridized carbons (Fsp3) is 0.286. The summed E-state index contributed by atoms with van der Waals surface area (Å²) in [5, 5.41) is 11.3. The number of phenolic OH excluding ortho intramolecular Hbond substituents is 1. The molecule has 0 saturated carbocycles. The predicted octanol–water partition coefficient (Wildman–Crippen LogP) is 4.06. The van der Waals surface area contributed by atoms with Crippen LogP contribution < -0.4 is 5.73 Å². The number of amides is 1. The molecule has 0 saturated heterocycles. The number of rotatable bonds is 6. The van der Waals surface area contributed by atoms with Gasteiger partial charge in [-0.05, 0) is 37.1 Å². The number of phenols is 1. The smallest absolute Gasteiger partial charge is 0.250 e. The van der Waals surface area contributed by atoms with E-state index < -0.39 is 5.91 Å². The quantitative estimate of drug-likeness (QED) is 0.702. The molecule has 1 unspecified atom stereocenters. The number of primary amides is 1. The highest BCUT2D eigenvalue weighted by Gasteiger charge is 2.26. The van der Waals surface area contributed by atoms with Crippen molar-refractivity contribution in [3.8, 4) is 5.75 Å². The molecule has 1 atom stereocenters. The molecule has 2 heterocycles. The van der Waals surface area contributed by atoms with E-state index in [1.54, 1.807) is 25.3 Å². The van der Waals surface area contributed by atoms with Crippen molar-refractivity contribution in [3.63, 3.8) is 0 Å². The zero-order valence-corrected chi connectivity index (χ0v) is 15.1. The molecule has 0 aliphatic rings. The van der Waals surface area contributed by atoms with E-state index in [1.807, 2.05) is 24.3 Å². The molecule has 1 amide bonds. The van der Waals surface area contributed by atoms with Crippen LogP contribution in [0.1, 0.15) is 59.3 Å². The highest BCUT2D eigenvalue weighted by molar-refractivity contribution is 6.00. The summed E-state index contributed by atoms with van der Waals surface area (Å²) in [6.07, 6.45) is 4.45. The number of aromatic nitrogens is 2. The minimum atomic E-state index is -0.507. The summed E-state index contributed by atoms with van der Waals surface area (Å²) in [6, 6.07) is 11.0. The second-order valence-corrected chi connectivity index (χ2v) is 6.48. The Hall–Kier alpha value is -2.95. The second-order valence-electron chi connectivity index (χ2n) is 6.48. The Morgan fingerprint density at radius 3 is 2.69 bits per heavy atom. The molecule has 0 fully saturated rings. The van der Waals surface area contributed by atoms with Gasteiger partial charge in [-0.25, -0.2) is 9.97 Å². The average Bonchev–Trinajstić information content (AvgIpc) is 2.62. The molecule has 5 nitrogen and oxygen atoms in total. The first-order valence-corrected chi connectivity index (χ1v) is 8.87. The minimum absolute atomic E-state index is 0.160. The number of para-hydroxylation sites is 1. The lowest BCUT2D eigenvalue weighted by Crippen LogP contribution is -2.19. The molecule has 3 rings (SSSR count). The van der Waals surface area contributed by atoms with Crippen molar-refractivity contribution in [2.24, 2.45) is 5.73 Å². The van der Waals surface area contributed by atoms with Crippen LogP contribution >= 0.6 is 0 Å². The summed E-state index contributed by atoms with van der Waals surface area (Å²) in [7, 11) is 0. The fourth-order valence-electron chi connectivity index (χ4n) is 3.56. The van der Waals surface area contributed by atoms with E-state index in [0.29, 0.717) is 16.9 Å². The van der Waals surface area contributed by atoms with Gasteiger partial charge in [0.2, 0.25) is 0 Å². The van der Waals surface area contributed by atoms with Crippen molar-refractivity contribution >= 4 is 16.9 Å². The van der Waals surface area contributed by atoms with Crippen molar-refractivity contribution in [1.29, 1.82) is 0 Å². The molecule has 3 N–H and O–H groups in total. The number of aryl methyl sites for hydroxylation is 1. The third-order valence-corrected chi connectivity index (χ3v) is 4.73. The van der Waals surface area contributed by atoms with E-state index in [9.17, 15) is 9.90 Å². The molecule has 2 aromatic heterocycles. The Balaban J connectivity index is 2.35. The van der Waals surface area contributed by atoms with Crippen LogP contribution in [0, 0.1) is 6.92 Å². The van der Waals surface area contributed by atoms with Crippen molar-refractivity contribution < 1.29 is 9.90 Å². The summed E-state index contributed by atoms with van der Waals surface area (Å²) in [4.78, 5) is 21.1. The number of aromatic hydroxyl groups is 1. The number of hydrogen-bond acceptors (Lipinski definition) is 4. The lowest BCUT2D eigenvalue weighted by Gasteiger charge is -2.23. The predicted molar refractivity (Wildman–Crippen MR) is 102 cm³/mol. The first-order valence-electron chi connectivity index (χ1n) is 8.87. The van der Waals surface area contributed by atoms with Gasteiger partial charge >= 0.3 is 0 Å². The Labute approximate surface area is 152 Å². The van der Waals surface area contributed by atoms with Gasteiger partial charge in [0.15, 0.2) is 5.65 Å². The number of carbonyl (C=O) groups excluding carboxylic acids is 1. The topological polar surface area (TPSA) is 89.1 Å². The van der Waals surface area contributed by atoms with Crippen LogP contribution in [0.3, 0.4) is 0 Å². The minimum Gasteiger partial charge on any atom is -0.508 e. The highest BCUT2D eigenvalue weighted by Crippen LogP contribution is 2.40. The Morgan fingerprint density at radius 1 is 1.23 bits per heavy atom. The van der Waals surface area contributed by atoms with Gasteiger partial charge in [-0.3, -0.25) is 4.79 Å². The van der Waals surface area contributed by atoms with E-state index in [-0.39, 0.29) is 11.7 Å². The van der Waals surface area contributed by atoms with E-state index in [4.69, 9.17) is 5.73 Å². The van der Waals surface area contributed by atoms with Crippen LogP contribution in [0.2, 0.25) is 0 Å². The third-order valence-electron chi connectivity index (χ3n) is 4.73. The van der Waals surface area contributed by atoms with Crippen molar-refractivity contribution in [2.75, 3.05) is 0 Å². The maximum Gasteiger partial charge on any atom is 0.250 e. The standard InChI is InChI=1S/C21H23N3O2/c1-3-4-8-15(14-9-5-6-11-17(14)25)19-16-10-7-12-23-21(16)24-13(2)18(19)20(22)26/h5-7,9-12,15,25H,3-4,8H2,1-2H3,(H2,22,26). The largest absolute Gasteiger partial charge is 0.508 e. The summed E-state index contributed by atoms with van der Waals surface area (Å²) in [6.45, 7) is 3.90. The number of carbonyl (C=O) groups is 1. The Morgan fingerprint density at radius 2 is 2.00 bits per heavy atom. The number of nitrogens with zero attached hydrogens (tertiary/aromatic N) is 2. The second kappa shape index (κ2) is 7.52. The van der Waals surface area contributed by atoms with Gasteiger partial charge in [0.05, 0.1) is 11.3 Å². The van der Waals surface area contributed by atoms with E-state index >= 15 is 0 Å². The van der Waals surface area contributed by atoms with Crippen LogP contribution in [0.5, 0.6) is 5.75 Å². The van der Waals surface area contributed by atoms with Crippen LogP contribution in [-0.2, 0) is 0 Å². The van der Waals surface area contributed by atoms with E-state index in [0.717, 1.165) is 35.8 Å². The highest BCUT2D eigenvalue weighted by atomic mass is 16.3. The first kappa shape index (κ1) is 17.9. The third kappa shape index (κ3) is 3.25. The molecule has 1 aromatic carbocycles. The fourth-order valence-corrected chi connectivity index (χ4v) is 3.56. The Bertz CT molecular complexity index is 953. The lowest BCUT2D eigenvalue weighted by atomic mass is 9.82. The normalized spacial score (nSPS) is 12.2. The van der Waals surface area contributed by atoms with Crippen molar-refractivity contribution in [1.82, 2.24) is 9.97 Å². The van der Waals surface area contributed by atoms with Crippen molar-refractivity contribution in [2.45, 2.75) is 39.0 Å².